The number of hydrogen-bond acceptors (Lipinski definition) is 5. The molecular formula is C15H25NO4S. The predicted molar refractivity (Wildman–Crippen MR) is 84.8 cm³/mol. The molecule has 1 aromatic carbocycles. The van der Waals surface area contributed by atoms with E-state index in [4.69, 9.17) is 15.2 Å². The minimum absolute atomic E-state index is 0.0138. The van der Waals surface area contributed by atoms with E-state index in [9.17, 15) is 8.42 Å². The Hall–Kier alpha value is -1.27. The third-order valence-electron chi connectivity index (χ3n) is 3.11. The molecule has 0 radical (unpaired) electrons. The van der Waals surface area contributed by atoms with E-state index in [0.29, 0.717) is 19.4 Å². The van der Waals surface area contributed by atoms with Crippen molar-refractivity contribution in [1.82, 2.24) is 0 Å². The number of ether oxygens (including phenoxy) is 2. The SMILES string of the molecule is CCS(=O)(=O)CCCOc1ccc(OC)cc1CC(C)N. The summed E-state index contributed by atoms with van der Waals surface area (Å²) in [5.41, 5.74) is 6.81. The van der Waals surface area contributed by atoms with Crippen molar-refractivity contribution in [2.75, 3.05) is 25.2 Å². The van der Waals surface area contributed by atoms with Crippen molar-refractivity contribution < 1.29 is 17.9 Å². The van der Waals surface area contributed by atoms with Crippen LogP contribution < -0.4 is 15.2 Å². The highest BCUT2D eigenvalue weighted by molar-refractivity contribution is 7.91. The number of sulfone groups is 1. The van der Waals surface area contributed by atoms with Gasteiger partial charge in [-0.1, -0.05) is 6.92 Å². The van der Waals surface area contributed by atoms with E-state index < -0.39 is 9.84 Å². The molecule has 0 heterocycles. The van der Waals surface area contributed by atoms with E-state index in [2.05, 4.69) is 0 Å². The number of benzene rings is 1. The molecule has 2 N–H and O–H groups in total. The highest BCUT2D eigenvalue weighted by atomic mass is 32.2. The lowest BCUT2D eigenvalue weighted by Gasteiger charge is -2.14. The Morgan fingerprint density at radius 3 is 2.62 bits per heavy atom. The minimum atomic E-state index is -2.93. The summed E-state index contributed by atoms with van der Waals surface area (Å²) in [6.07, 6.45) is 1.17. The van der Waals surface area contributed by atoms with Crippen molar-refractivity contribution in [3.05, 3.63) is 23.8 Å². The van der Waals surface area contributed by atoms with Crippen LogP contribution in [0.4, 0.5) is 0 Å². The molecule has 0 spiro atoms. The van der Waals surface area contributed by atoms with Gasteiger partial charge >= 0.3 is 0 Å². The van der Waals surface area contributed by atoms with Crippen molar-refractivity contribution >= 4 is 9.84 Å². The lowest BCUT2D eigenvalue weighted by atomic mass is 10.1. The normalized spacial score (nSPS) is 13.0. The largest absolute Gasteiger partial charge is 0.497 e. The van der Waals surface area contributed by atoms with Gasteiger partial charge in [-0.2, -0.15) is 0 Å². The first-order valence-corrected chi connectivity index (χ1v) is 8.95. The van der Waals surface area contributed by atoms with E-state index in [1.807, 2.05) is 25.1 Å². The number of hydrogen-bond donors (Lipinski definition) is 1. The van der Waals surface area contributed by atoms with Gasteiger partial charge < -0.3 is 15.2 Å². The molecule has 1 aromatic rings. The molecule has 1 rings (SSSR count). The highest BCUT2D eigenvalue weighted by Gasteiger charge is 2.10. The summed E-state index contributed by atoms with van der Waals surface area (Å²) in [5, 5.41) is 0. The van der Waals surface area contributed by atoms with Crippen molar-refractivity contribution in [3.8, 4) is 11.5 Å². The molecule has 0 aliphatic rings. The zero-order valence-electron chi connectivity index (χ0n) is 13.0. The van der Waals surface area contributed by atoms with Gasteiger partial charge in [-0.25, -0.2) is 8.42 Å². The maximum Gasteiger partial charge on any atom is 0.150 e. The van der Waals surface area contributed by atoms with Gasteiger partial charge in [0.15, 0.2) is 0 Å². The average molecular weight is 315 g/mol. The molecule has 1 unspecified atom stereocenters. The fourth-order valence-corrected chi connectivity index (χ4v) is 2.78. The molecule has 0 aromatic heterocycles. The minimum Gasteiger partial charge on any atom is -0.497 e. The summed E-state index contributed by atoms with van der Waals surface area (Å²) in [6.45, 7) is 3.95. The predicted octanol–water partition coefficient (Wildman–Crippen LogP) is 1.79. The summed E-state index contributed by atoms with van der Waals surface area (Å²) in [6, 6.07) is 5.58. The summed E-state index contributed by atoms with van der Waals surface area (Å²) >= 11 is 0. The topological polar surface area (TPSA) is 78.6 Å². The molecular weight excluding hydrogens is 290 g/mol. The second-order valence-corrected chi connectivity index (χ2v) is 7.57. The van der Waals surface area contributed by atoms with E-state index in [1.165, 1.54) is 0 Å². The molecule has 5 nitrogen and oxygen atoms in total. The summed E-state index contributed by atoms with van der Waals surface area (Å²) < 4.78 is 33.7. The van der Waals surface area contributed by atoms with E-state index >= 15 is 0 Å². The molecule has 21 heavy (non-hydrogen) atoms. The van der Waals surface area contributed by atoms with Crippen LogP contribution in [0.5, 0.6) is 11.5 Å². The molecule has 0 aliphatic heterocycles. The molecule has 0 fully saturated rings. The van der Waals surface area contributed by atoms with Crippen LogP contribution in [0.3, 0.4) is 0 Å². The van der Waals surface area contributed by atoms with Crippen molar-refractivity contribution in [2.45, 2.75) is 32.7 Å². The second kappa shape index (κ2) is 8.24. The van der Waals surface area contributed by atoms with Crippen LogP contribution >= 0.6 is 0 Å². The quantitative estimate of drug-likeness (QED) is 0.703. The highest BCUT2D eigenvalue weighted by Crippen LogP contribution is 2.25. The summed E-state index contributed by atoms with van der Waals surface area (Å²) in [7, 11) is -1.32. The van der Waals surface area contributed by atoms with Gasteiger partial charge in [0.05, 0.1) is 19.5 Å². The molecule has 0 aliphatic carbocycles. The van der Waals surface area contributed by atoms with Crippen molar-refractivity contribution in [3.63, 3.8) is 0 Å². The summed E-state index contributed by atoms with van der Waals surface area (Å²) in [4.78, 5) is 0. The Balaban J connectivity index is 2.65. The molecule has 120 valence electrons. The van der Waals surface area contributed by atoms with Crippen molar-refractivity contribution in [1.29, 1.82) is 0 Å². The summed E-state index contributed by atoms with van der Waals surface area (Å²) in [5.74, 6) is 1.82. The van der Waals surface area contributed by atoms with Crippen LogP contribution in [-0.2, 0) is 16.3 Å². The Labute approximate surface area is 127 Å². The maximum atomic E-state index is 11.4. The molecule has 0 saturated carbocycles. The Morgan fingerprint density at radius 2 is 2.05 bits per heavy atom. The third kappa shape index (κ3) is 6.35. The smallest absolute Gasteiger partial charge is 0.150 e. The molecule has 0 saturated heterocycles. The number of nitrogens with two attached hydrogens (primary N) is 1. The third-order valence-corrected chi connectivity index (χ3v) is 4.90. The Bertz CT molecular complexity index is 541. The Morgan fingerprint density at radius 1 is 1.33 bits per heavy atom. The lowest BCUT2D eigenvalue weighted by molar-refractivity contribution is 0.313. The van der Waals surface area contributed by atoms with Crippen LogP contribution in [0.25, 0.3) is 0 Å². The number of methoxy groups -OCH3 is 1. The van der Waals surface area contributed by atoms with Gasteiger partial charge in [0.25, 0.3) is 0 Å². The van der Waals surface area contributed by atoms with Gasteiger partial charge in [-0.3, -0.25) is 0 Å². The first kappa shape index (κ1) is 17.8. The fraction of sp³-hybridized carbons (Fsp3) is 0.600. The molecule has 6 heteroatoms. The van der Waals surface area contributed by atoms with E-state index in [0.717, 1.165) is 17.1 Å². The number of rotatable bonds is 9. The molecule has 0 amide bonds. The zero-order valence-corrected chi connectivity index (χ0v) is 13.8. The van der Waals surface area contributed by atoms with E-state index in [-0.39, 0.29) is 17.5 Å². The standard InChI is InChI=1S/C15H25NO4S/c1-4-21(17,18)9-5-8-20-15-7-6-14(19-3)11-13(15)10-12(2)16/h6-7,11-12H,4-5,8-10,16H2,1-3H3. The van der Waals surface area contributed by atoms with Crippen LogP contribution in [0.2, 0.25) is 0 Å². The molecule has 1 atom stereocenters. The first-order valence-electron chi connectivity index (χ1n) is 7.13. The van der Waals surface area contributed by atoms with Gasteiger partial charge in [0.2, 0.25) is 0 Å². The maximum absolute atomic E-state index is 11.4. The fourth-order valence-electron chi connectivity index (χ4n) is 1.94. The first-order chi connectivity index (χ1) is 9.88. The van der Waals surface area contributed by atoms with Gasteiger partial charge in [-0.15, -0.1) is 0 Å². The molecule has 0 bridgehead atoms. The van der Waals surface area contributed by atoms with Gasteiger partial charge in [-0.05, 0) is 43.5 Å². The van der Waals surface area contributed by atoms with Gasteiger partial charge in [0.1, 0.15) is 21.3 Å². The van der Waals surface area contributed by atoms with Crippen LogP contribution in [-0.4, -0.2) is 39.7 Å². The van der Waals surface area contributed by atoms with Crippen molar-refractivity contribution in [2.24, 2.45) is 5.73 Å². The van der Waals surface area contributed by atoms with Gasteiger partial charge in [0, 0.05) is 11.8 Å². The van der Waals surface area contributed by atoms with Crippen LogP contribution in [0.15, 0.2) is 18.2 Å². The average Bonchev–Trinajstić information content (AvgIpc) is 2.44. The monoisotopic (exact) mass is 315 g/mol. The lowest BCUT2D eigenvalue weighted by Crippen LogP contribution is -2.18. The van der Waals surface area contributed by atoms with Crippen LogP contribution in [0.1, 0.15) is 25.8 Å². The second-order valence-electron chi connectivity index (χ2n) is 5.09. The van der Waals surface area contributed by atoms with Crippen LogP contribution in [0, 0.1) is 0 Å². The Kier molecular flexibility index (Phi) is 6.98. The van der Waals surface area contributed by atoms with E-state index in [1.54, 1.807) is 14.0 Å². The zero-order chi connectivity index (χ0) is 15.9.